The molecule has 0 aromatic carbocycles. The molecule has 0 heterocycles. The van der Waals surface area contributed by atoms with E-state index in [1.807, 2.05) is 13.8 Å². The van der Waals surface area contributed by atoms with Crippen molar-refractivity contribution in [3.63, 3.8) is 0 Å². The summed E-state index contributed by atoms with van der Waals surface area (Å²) in [5.74, 6) is -1.17. The highest BCUT2D eigenvalue weighted by Crippen LogP contribution is 2.13. The topological polar surface area (TPSA) is 61.8 Å². The first-order valence-corrected chi connectivity index (χ1v) is 9.28. The molecule has 0 spiro atoms. The Morgan fingerprint density at radius 2 is 1.65 bits per heavy atom. The van der Waals surface area contributed by atoms with Gasteiger partial charge < -0.3 is 14.2 Å². The summed E-state index contributed by atoms with van der Waals surface area (Å²) in [5.41, 5.74) is 0. The van der Waals surface area contributed by atoms with Crippen LogP contribution in [-0.2, 0) is 23.8 Å². The molecule has 0 saturated heterocycles. The fourth-order valence-electron chi connectivity index (χ4n) is 1.98. The van der Waals surface area contributed by atoms with Gasteiger partial charge in [0.1, 0.15) is 17.6 Å². The Kier molecular flexibility index (Phi) is 11.6. The average Bonchev–Trinajstić information content (AvgIpc) is 2.38. The van der Waals surface area contributed by atoms with Gasteiger partial charge in [-0.1, -0.05) is 12.5 Å². The molecular formula is C14H28O5Si. The van der Waals surface area contributed by atoms with Crippen molar-refractivity contribution in [3.8, 4) is 0 Å². The minimum atomic E-state index is -0.610. The lowest BCUT2D eigenvalue weighted by atomic mass is 10.00. The summed E-state index contributed by atoms with van der Waals surface area (Å²) >= 11 is 0. The van der Waals surface area contributed by atoms with E-state index in [0.29, 0.717) is 26.2 Å². The Hall–Kier alpha value is -0.723. The van der Waals surface area contributed by atoms with E-state index >= 15 is 0 Å². The summed E-state index contributed by atoms with van der Waals surface area (Å²) in [7, 11) is -0.508. The van der Waals surface area contributed by atoms with Gasteiger partial charge in [-0.15, -0.1) is 0 Å². The van der Waals surface area contributed by atoms with E-state index in [9.17, 15) is 9.59 Å². The molecule has 0 aliphatic carbocycles. The van der Waals surface area contributed by atoms with Gasteiger partial charge in [0.25, 0.3) is 0 Å². The molecule has 0 aliphatic rings. The average molecular weight is 304 g/mol. The standard InChI is InChI=1S/C14H28O5Si/c1-5-17-13(16)12(11(4)15)9-8-10-20-14(18-6-2)19-7-3/h12,14H,5-10,20H2,1-4H3. The summed E-state index contributed by atoms with van der Waals surface area (Å²) in [6, 6.07) is 0.994. The van der Waals surface area contributed by atoms with Crippen LogP contribution in [0.3, 0.4) is 0 Å². The van der Waals surface area contributed by atoms with E-state index in [2.05, 4.69) is 0 Å². The highest BCUT2D eigenvalue weighted by molar-refractivity contribution is 6.36. The molecule has 118 valence electrons. The lowest BCUT2D eigenvalue weighted by Gasteiger charge is -2.17. The van der Waals surface area contributed by atoms with E-state index in [0.717, 1.165) is 12.5 Å². The second kappa shape index (κ2) is 12.1. The SMILES string of the molecule is CCOC(=O)C(CCC[SiH2]C(OCC)OCC)C(C)=O. The molecule has 1 unspecified atom stereocenters. The van der Waals surface area contributed by atoms with Gasteiger partial charge in [-0.25, -0.2) is 0 Å². The zero-order valence-corrected chi connectivity index (χ0v) is 14.6. The predicted molar refractivity (Wildman–Crippen MR) is 80.4 cm³/mol. The Bertz CT molecular complexity index is 277. The molecule has 0 N–H and O–H groups in total. The summed E-state index contributed by atoms with van der Waals surface area (Å²) in [6.45, 7) is 8.71. The van der Waals surface area contributed by atoms with Crippen LogP contribution in [-0.4, -0.2) is 47.0 Å². The monoisotopic (exact) mass is 304 g/mol. The normalized spacial score (nSPS) is 13.1. The van der Waals surface area contributed by atoms with Crippen LogP contribution < -0.4 is 0 Å². The lowest BCUT2D eigenvalue weighted by molar-refractivity contribution is -0.151. The maximum absolute atomic E-state index is 11.6. The fraction of sp³-hybridized carbons (Fsp3) is 0.857. The van der Waals surface area contributed by atoms with Gasteiger partial charge in [0.2, 0.25) is 0 Å². The van der Waals surface area contributed by atoms with Gasteiger partial charge in [0.05, 0.1) is 16.1 Å². The van der Waals surface area contributed by atoms with Crippen LogP contribution in [0.4, 0.5) is 0 Å². The van der Waals surface area contributed by atoms with Crippen molar-refractivity contribution < 1.29 is 23.8 Å². The van der Waals surface area contributed by atoms with Gasteiger partial charge in [-0.3, -0.25) is 9.59 Å². The molecule has 0 radical (unpaired) electrons. The second-order valence-corrected chi connectivity index (χ2v) is 6.49. The van der Waals surface area contributed by atoms with Crippen molar-refractivity contribution >= 4 is 21.3 Å². The van der Waals surface area contributed by atoms with Crippen LogP contribution in [0.5, 0.6) is 0 Å². The summed E-state index contributed by atoms with van der Waals surface area (Å²) in [5, 5.41) is 0. The van der Waals surface area contributed by atoms with Gasteiger partial charge >= 0.3 is 5.97 Å². The first-order valence-electron chi connectivity index (χ1n) is 7.46. The quantitative estimate of drug-likeness (QED) is 0.180. The first kappa shape index (κ1) is 19.3. The predicted octanol–water partition coefficient (Wildman–Crippen LogP) is 1.48. The van der Waals surface area contributed by atoms with E-state index in [-0.39, 0.29) is 11.7 Å². The maximum atomic E-state index is 11.6. The van der Waals surface area contributed by atoms with Crippen LogP contribution in [0, 0.1) is 5.92 Å². The number of ketones is 1. The third-order valence-electron chi connectivity index (χ3n) is 2.95. The van der Waals surface area contributed by atoms with Gasteiger partial charge in [-0.2, -0.15) is 0 Å². The molecular weight excluding hydrogens is 276 g/mol. The highest BCUT2D eigenvalue weighted by Gasteiger charge is 2.24. The summed E-state index contributed by atoms with van der Waals surface area (Å²) in [4.78, 5) is 23.1. The zero-order chi connectivity index (χ0) is 15.4. The molecule has 0 aromatic heterocycles. The maximum Gasteiger partial charge on any atom is 0.316 e. The van der Waals surface area contributed by atoms with E-state index in [1.165, 1.54) is 6.92 Å². The number of esters is 1. The molecule has 0 amide bonds. The van der Waals surface area contributed by atoms with Crippen molar-refractivity contribution in [2.75, 3.05) is 19.8 Å². The Morgan fingerprint density at radius 1 is 1.05 bits per heavy atom. The Balaban J connectivity index is 4.04. The molecule has 0 rings (SSSR count). The third kappa shape index (κ3) is 8.45. The third-order valence-corrected chi connectivity index (χ3v) is 4.80. The van der Waals surface area contributed by atoms with Crippen molar-refractivity contribution in [1.29, 1.82) is 0 Å². The Labute approximate surface area is 124 Å². The van der Waals surface area contributed by atoms with Crippen LogP contribution in [0.25, 0.3) is 0 Å². The minimum absolute atomic E-state index is 0.0524. The molecule has 0 fully saturated rings. The van der Waals surface area contributed by atoms with Crippen molar-refractivity contribution in [3.05, 3.63) is 0 Å². The minimum Gasteiger partial charge on any atom is -0.465 e. The molecule has 0 bridgehead atoms. The van der Waals surface area contributed by atoms with Crippen molar-refractivity contribution in [2.45, 2.75) is 52.5 Å². The van der Waals surface area contributed by atoms with Gasteiger partial charge in [0.15, 0.2) is 0 Å². The lowest BCUT2D eigenvalue weighted by Crippen LogP contribution is -2.26. The molecule has 0 aromatic rings. The molecule has 1 atom stereocenters. The summed E-state index contributed by atoms with van der Waals surface area (Å²) in [6.07, 6.45) is 1.40. The van der Waals surface area contributed by atoms with Gasteiger partial charge in [-0.05, 0) is 34.1 Å². The van der Waals surface area contributed by atoms with Crippen LogP contribution >= 0.6 is 0 Å². The number of carbonyl (C=O) groups is 2. The largest absolute Gasteiger partial charge is 0.465 e. The smallest absolute Gasteiger partial charge is 0.316 e. The number of rotatable bonds is 12. The van der Waals surface area contributed by atoms with Crippen LogP contribution in [0.2, 0.25) is 6.04 Å². The first-order chi connectivity index (χ1) is 9.56. The highest BCUT2D eigenvalue weighted by atomic mass is 28.2. The number of Topliss-reactive ketones (excluding diaryl/α,β-unsaturated/α-hetero) is 1. The van der Waals surface area contributed by atoms with Crippen LogP contribution in [0.15, 0.2) is 0 Å². The van der Waals surface area contributed by atoms with Crippen LogP contribution in [0.1, 0.15) is 40.5 Å². The van der Waals surface area contributed by atoms with Crippen molar-refractivity contribution in [2.24, 2.45) is 5.92 Å². The fourth-order valence-corrected chi connectivity index (χ4v) is 3.69. The summed E-state index contributed by atoms with van der Waals surface area (Å²) < 4.78 is 15.9. The van der Waals surface area contributed by atoms with Crippen molar-refractivity contribution in [1.82, 2.24) is 0 Å². The molecule has 0 aliphatic heterocycles. The molecule has 5 nitrogen and oxygen atoms in total. The number of hydrogen-bond donors (Lipinski definition) is 0. The number of hydrogen-bond acceptors (Lipinski definition) is 5. The molecule has 6 heteroatoms. The van der Waals surface area contributed by atoms with Gasteiger partial charge in [0, 0.05) is 13.2 Å². The van der Waals surface area contributed by atoms with E-state index in [1.54, 1.807) is 6.92 Å². The molecule has 0 saturated carbocycles. The second-order valence-electron chi connectivity index (χ2n) is 4.54. The van der Waals surface area contributed by atoms with E-state index < -0.39 is 21.4 Å². The van der Waals surface area contributed by atoms with E-state index in [4.69, 9.17) is 14.2 Å². The Morgan fingerprint density at radius 3 is 2.10 bits per heavy atom. The number of ether oxygens (including phenoxy) is 3. The zero-order valence-electron chi connectivity index (χ0n) is 13.1. The molecule has 20 heavy (non-hydrogen) atoms. The number of carbonyl (C=O) groups excluding carboxylic acids is 2.